The fourth-order valence-electron chi connectivity index (χ4n) is 4.82. The van der Waals surface area contributed by atoms with Gasteiger partial charge in [-0.05, 0) is 54.9 Å². The molecule has 1 fully saturated rings. The van der Waals surface area contributed by atoms with E-state index in [1.54, 1.807) is 7.11 Å². The second-order valence-corrected chi connectivity index (χ2v) is 8.14. The Kier molecular flexibility index (Phi) is 4.68. The number of methoxy groups -OCH3 is 1. The molecule has 0 amide bonds. The van der Waals surface area contributed by atoms with Crippen molar-refractivity contribution >= 4 is 5.69 Å². The minimum Gasteiger partial charge on any atom is -0.497 e. The molecule has 0 unspecified atom stereocenters. The molecule has 1 spiro atoms. The van der Waals surface area contributed by atoms with Crippen LogP contribution in [0.2, 0.25) is 0 Å². The van der Waals surface area contributed by atoms with Crippen molar-refractivity contribution in [1.29, 1.82) is 0 Å². The Bertz CT molecular complexity index is 976. The van der Waals surface area contributed by atoms with Crippen LogP contribution in [-0.2, 0) is 18.5 Å². The number of anilines is 1. The summed E-state index contributed by atoms with van der Waals surface area (Å²) in [5.41, 5.74) is 5.06. The molecule has 0 saturated carbocycles. The molecule has 5 heteroatoms. The first-order valence-electron chi connectivity index (χ1n) is 10.2. The first kappa shape index (κ1) is 18.1. The van der Waals surface area contributed by atoms with Crippen LogP contribution in [0.3, 0.4) is 0 Å². The van der Waals surface area contributed by atoms with Crippen LogP contribution in [0.4, 0.5) is 5.69 Å². The van der Waals surface area contributed by atoms with E-state index in [0.717, 1.165) is 50.6 Å². The molecule has 148 valence electrons. The largest absolute Gasteiger partial charge is 0.497 e. The third kappa shape index (κ3) is 3.47. The van der Waals surface area contributed by atoms with Gasteiger partial charge in [0.2, 0.25) is 0 Å². The first-order valence-corrected chi connectivity index (χ1v) is 10.2. The Morgan fingerprint density at radius 1 is 0.931 bits per heavy atom. The molecule has 0 N–H and O–H groups in total. The lowest BCUT2D eigenvalue weighted by Gasteiger charge is -2.26. The molecule has 0 bridgehead atoms. The summed E-state index contributed by atoms with van der Waals surface area (Å²) in [5.74, 6) is 0.908. The van der Waals surface area contributed by atoms with Gasteiger partial charge in [-0.25, -0.2) is 0 Å². The number of likely N-dealkylation sites (tertiary alicyclic amines) is 1. The predicted octanol–water partition coefficient (Wildman–Crippen LogP) is 3.65. The molecule has 3 aromatic rings. The zero-order valence-corrected chi connectivity index (χ0v) is 16.8. The second kappa shape index (κ2) is 7.48. The van der Waals surface area contributed by atoms with Gasteiger partial charge in [0, 0.05) is 37.4 Å². The molecule has 1 aromatic carbocycles. The van der Waals surface area contributed by atoms with E-state index in [0.29, 0.717) is 0 Å². The number of pyridine rings is 2. The third-order valence-corrected chi connectivity index (χ3v) is 6.20. The smallest absolute Gasteiger partial charge is 0.118 e. The Morgan fingerprint density at radius 3 is 2.59 bits per heavy atom. The van der Waals surface area contributed by atoms with Crippen molar-refractivity contribution in [2.75, 3.05) is 31.6 Å². The number of hydrogen-bond donors (Lipinski definition) is 0. The van der Waals surface area contributed by atoms with E-state index < -0.39 is 0 Å². The summed E-state index contributed by atoms with van der Waals surface area (Å²) in [5, 5.41) is 0. The number of ether oxygens (including phenoxy) is 1. The second-order valence-electron chi connectivity index (χ2n) is 8.14. The van der Waals surface area contributed by atoms with E-state index in [2.05, 4.69) is 45.1 Å². The molecule has 2 aliphatic rings. The highest BCUT2D eigenvalue weighted by molar-refractivity contribution is 5.60. The normalized spacial score (nSPS) is 20.9. The molecule has 5 nitrogen and oxygen atoms in total. The van der Waals surface area contributed by atoms with Crippen molar-refractivity contribution < 1.29 is 4.74 Å². The minimum absolute atomic E-state index is 0.109. The van der Waals surface area contributed by atoms with E-state index in [4.69, 9.17) is 9.72 Å². The lowest BCUT2D eigenvalue weighted by atomic mass is 9.85. The third-order valence-electron chi connectivity index (χ3n) is 6.20. The van der Waals surface area contributed by atoms with Gasteiger partial charge in [-0.15, -0.1) is 0 Å². The van der Waals surface area contributed by atoms with E-state index in [1.165, 1.54) is 16.9 Å². The van der Waals surface area contributed by atoms with Gasteiger partial charge in [0.15, 0.2) is 0 Å². The number of fused-ring (bicyclic) bond motifs is 2. The van der Waals surface area contributed by atoms with Gasteiger partial charge >= 0.3 is 0 Å². The van der Waals surface area contributed by atoms with Gasteiger partial charge in [-0.2, -0.15) is 0 Å². The first-order chi connectivity index (χ1) is 14.3. The predicted molar refractivity (Wildman–Crippen MR) is 114 cm³/mol. The monoisotopic (exact) mass is 386 g/mol. The number of benzene rings is 1. The van der Waals surface area contributed by atoms with Crippen LogP contribution in [0.5, 0.6) is 5.75 Å². The Labute approximate surface area is 172 Å². The number of hydrogen-bond acceptors (Lipinski definition) is 5. The Hall–Kier alpha value is -2.92. The molecular weight excluding hydrogens is 360 g/mol. The highest BCUT2D eigenvalue weighted by Crippen LogP contribution is 2.45. The van der Waals surface area contributed by atoms with E-state index in [1.807, 2.05) is 36.7 Å². The maximum Gasteiger partial charge on any atom is 0.118 e. The Morgan fingerprint density at radius 2 is 1.79 bits per heavy atom. The molecule has 0 aliphatic carbocycles. The highest BCUT2D eigenvalue weighted by Gasteiger charge is 2.48. The SMILES string of the molecule is COc1ccc(CN2CC[C@]3(C2)CN(Cc2ccccn2)c2cccnc23)cc1. The summed E-state index contributed by atoms with van der Waals surface area (Å²) >= 11 is 0. The van der Waals surface area contributed by atoms with E-state index >= 15 is 0 Å². The number of rotatable bonds is 5. The summed E-state index contributed by atoms with van der Waals surface area (Å²) in [6.45, 7) is 4.95. The van der Waals surface area contributed by atoms with Crippen molar-refractivity contribution in [2.45, 2.75) is 24.9 Å². The zero-order valence-electron chi connectivity index (χ0n) is 16.8. The van der Waals surface area contributed by atoms with Crippen molar-refractivity contribution in [3.8, 4) is 5.75 Å². The quantitative estimate of drug-likeness (QED) is 0.670. The number of nitrogens with zero attached hydrogens (tertiary/aromatic N) is 4. The fraction of sp³-hybridized carbons (Fsp3) is 0.333. The van der Waals surface area contributed by atoms with Crippen LogP contribution in [0.1, 0.15) is 23.4 Å². The van der Waals surface area contributed by atoms with E-state index in [9.17, 15) is 0 Å². The summed E-state index contributed by atoms with van der Waals surface area (Å²) < 4.78 is 5.28. The topological polar surface area (TPSA) is 41.5 Å². The molecule has 4 heterocycles. The van der Waals surface area contributed by atoms with Gasteiger partial charge in [-0.1, -0.05) is 18.2 Å². The highest BCUT2D eigenvalue weighted by atomic mass is 16.5. The lowest BCUT2D eigenvalue weighted by molar-refractivity contribution is 0.305. The van der Waals surface area contributed by atoms with Gasteiger partial charge in [0.25, 0.3) is 0 Å². The van der Waals surface area contributed by atoms with E-state index in [-0.39, 0.29) is 5.41 Å². The maximum atomic E-state index is 5.28. The summed E-state index contributed by atoms with van der Waals surface area (Å²) in [4.78, 5) is 14.4. The van der Waals surface area contributed by atoms with Crippen LogP contribution in [0, 0.1) is 0 Å². The minimum atomic E-state index is 0.109. The molecule has 29 heavy (non-hydrogen) atoms. The van der Waals surface area contributed by atoms with Crippen molar-refractivity contribution in [2.24, 2.45) is 0 Å². The number of aromatic nitrogens is 2. The molecule has 0 radical (unpaired) electrons. The van der Waals surface area contributed by atoms with Gasteiger partial charge in [0.05, 0.1) is 30.7 Å². The fourth-order valence-corrected chi connectivity index (χ4v) is 4.82. The van der Waals surface area contributed by atoms with Crippen LogP contribution in [0.15, 0.2) is 67.0 Å². The molecule has 5 rings (SSSR count). The summed E-state index contributed by atoms with van der Waals surface area (Å²) in [7, 11) is 1.71. The van der Waals surface area contributed by atoms with Crippen LogP contribution >= 0.6 is 0 Å². The average Bonchev–Trinajstić information content (AvgIpc) is 3.31. The average molecular weight is 386 g/mol. The summed E-state index contributed by atoms with van der Waals surface area (Å²) in [6, 6.07) is 18.8. The molecule has 1 saturated heterocycles. The maximum absolute atomic E-state index is 5.28. The van der Waals surface area contributed by atoms with Gasteiger partial charge < -0.3 is 9.64 Å². The Balaban J connectivity index is 1.35. The van der Waals surface area contributed by atoms with Crippen molar-refractivity contribution in [3.63, 3.8) is 0 Å². The summed E-state index contributed by atoms with van der Waals surface area (Å²) in [6.07, 6.45) is 4.96. The van der Waals surface area contributed by atoms with Crippen LogP contribution in [0.25, 0.3) is 0 Å². The molecule has 2 aromatic heterocycles. The molecular formula is C24H26N4O. The standard InChI is InChI=1S/C24H26N4O/c1-29-21-9-7-19(8-10-21)15-27-14-11-24(17-27)18-28(16-20-5-2-3-12-25-20)22-6-4-13-26-23(22)24/h2-10,12-13H,11,14-18H2,1H3/t24-/m0/s1. The molecule has 1 atom stereocenters. The lowest BCUT2D eigenvalue weighted by Crippen LogP contribution is -2.36. The van der Waals surface area contributed by atoms with Crippen LogP contribution < -0.4 is 9.64 Å². The van der Waals surface area contributed by atoms with Gasteiger partial charge in [0.1, 0.15) is 5.75 Å². The zero-order chi connectivity index (χ0) is 19.7. The molecule has 2 aliphatic heterocycles. The van der Waals surface area contributed by atoms with Crippen molar-refractivity contribution in [1.82, 2.24) is 14.9 Å². The van der Waals surface area contributed by atoms with Crippen molar-refractivity contribution in [3.05, 3.63) is 83.9 Å². The van der Waals surface area contributed by atoms with Crippen LogP contribution in [-0.4, -0.2) is 41.6 Å². The van der Waals surface area contributed by atoms with Gasteiger partial charge in [-0.3, -0.25) is 14.9 Å².